The lowest BCUT2D eigenvalue weighted by molar-refractivity contribution is -0.140. The maximum atomic E-state index is 14.1. The van der Waals surface area contributed by atoms with Gasteiger partial charge >= 0.3 is 0 Å². The third-order valence-electron chi connectivity index (χ3n) is 6.92. The number of sulfonamides is 1. The highest BCUT2D eigenvalue weighted by Gasteiger charge is 2.33. The fraction of sp³-hybridized carbons (Fsp3) is 0.355. The first-order valence-electron chi connectivity index (χ1n) is 13.4. The highest BCUT2D eigenvalue weighted by molar-refractivity contribution is 7.92. The topological polar surface area (TPSA) is 86.8 Å². The number of carbonyl (C=O) groups is 2. The molecular formula is C31H38ClN3O4S. The lowest BCUT2D eigenvalue weighted by Crippen LogP contribution is -2.53. The predicted molar refractivity (Wildman–Crippen MR) is 162 cm³/mol. The van der Waals surface area contributed by atoms with E-state index in [1.165, 1.54) is 4.90 Å². The summed E-state index contributed by atoms with van der Waals surface area (Å²) in [4.78, 5) is 29.2. The highest BCUT2D eigenvalue weighted by Crippen LogP contribution is 2.26. The van der Waals surface area contributed by atoms with Crippen LogP contribution in [0.25, 0.3) is 0 Å². The number of carbonyl (C=O) groups excluding carboxylic acids is 2. The molecule has 40 heavy (non-hydrogen) atoms. The zero-order chi connectivity index (χ0) is 29.3. The molecule has 2 amide bonds. The first-order valence-corrected chi connectivity index (χ1v) is 15.6. The molecule has 0 heterocycles. The average Bonchev–Trinajstić information content (AvgIpc) is 2.92. The van der Waals surface area contributed by atoms with Gasteiger partial charge in [0, 0.05) is 24.5 Å². The van der Waals surface area contributed by atoms with Gasteiger partial charge in [0.05, 0.1) is 11.9 Å². The molecule has 0 aliphatic heterocycles. The van der Waals surface area contributed by atoms with Crippen molar-refractivity contribution in [2.45, 2.75) is 52.6 Å². The number of nitrogens with zero attached hydrogens (tertiary/aromatic N) is 2. The molecule has 0 bridgehead atoms. The molecule has 1 N–H and O–H groups in total. The largest absolute Gasteiger partial charge is 0.354 e. The zero-order valence-corrected chi connectivity index (χ0v) is 25.1. The van der Waals surface area contributed by atoms with Crippen LogP contribution in [-0.4, -0.2) is 50.5 Å². The van der Waals surface area contributed by atoms with Crippen LogP contribution in [0.2, 0.25) is 5.02 Å². The van der Waals surface area contributed by atoms with Crippen LogP contribution in [0.3, 0.4) is 0 Å². The summed E-state index contributed by atoms with van der Waals surface area (Å²) in [6.45, 7) is 5.82. The number of nitrogens with one attached hydrogen (secondary N) is 1. The van der Waals surface area contributed by atoms with E-state index in [2.05, 4.69) is 5.32 Å². The van der Waals surface area contributed by atoms with Gasteiger partial charge < -0.3 is 10.2 Å². The van der Waals surface area contributed by atoms with Crippen molar-refractivity contribution in [2.24, 2.45) is 0 Å². The Balaban J connectivity index is 2.07. The van der Waals surface area contributed by atoms with E-state index in [-0.39, 0.29) is 18.9 Å². The molecule has 9 heteroatoms. The summed E-state index contributed by atoms with van der Waals surface area (Å²) in [5, 5.41) is 3.43. The molecule has 1 atom stereocenters. The number of hydrogen-bond donors (Lipinski definition) is 1. The van der Waals surface area contributed by atoms with Gasteiger partial charge in [-0.05, 0) is 54.7 Å². The van der Waals surface area contributed by atoms with Gasteiger partial charge in [0.1, 0.15) is 12.6 Å². The number of unbranched alkanes of at least 4 members (excludes halogenated alkanes) is 1. The molecule has 0 aromatic heterocycles. The number of aryl methyl sites for hydroxylation is 1. The monoisotopic (exact) mass is 583 g/mol. The summed E-state index contributed by atoms with van der Waals surface area (Å²) >= 11 is 6.49. The van der Waals surface area contributed by atoms with Crippen molar-refractivity contribution >= 4 is 39.1 Å². The van der Waals surface area contributed by atoms with Crippen LogP contribution >= 0.6 is 11.6 Å². The van der Waals surface area contributed by atoms with Gasteiger partial charge in [-0.15, -0.1) is 0 Å². The van der Waals surface area contributed by atoms with Crippen LogP contribution < -0.4 is 9.62 Å². The fourth-order valence-electron chi connectivity index (χ4n) is 4.47. The number of anilines is 1. The Kier molecular flexibility index (Phi) is 11.2. The van der Waals surface area contributed by atoms with Gasteiger partial charge in [0.15, 0.2) is 0 Å². The summed E-state index contributed by atoms with van der Waals surface area (Å²) in [6, 6.07) is 21.1. The number of hydrogen-bond acceptors (Lipinski definition) is 4. The van der Waals surface area contributed by atoms with Crippen LogP contribution in [0.1, 0.15) is 42.0 Å². The van der Waals surface area contributed by atoms with E-state index in [0.717, 1.165) is 40.1 Å². The Bertz CT molecular complexity index is 1410. The molecular weight excluding hydrogens is 546 g/mol. The smallest absolute Gasteiger partial charge is 0.244 e. The summed E-state index contributed by atoms with van der Waals surface area (Å²) in [5.74, 6) is -0.798. The van der Waals surface area contributed by atoms with E-state index in [1.54, 1.807) is 30.3 Å². The summed E-state index contributed by atoms with van der Waals surface area (Å²) < 4.78 is 27.1. The standard InChI is InChI=1S/C31H38ClN3O4S/c1-5-6-19-33-31(37)29(20-25-14-8-7-9-15-25)34(21-26-16-10-11-17-27(26)32)30(36)22-35(40(4,38)39)28-18-12-13-23(2)24(28)3/h7-18,29H,5-6,19-22H2,1-4H3,(H,33,37)/t29-/m1/s1. The molecule has 0 aliphatic rings. The van der Waals surface area contributed by atoms with Gasteiger partial charge in [-0.1, -0.05) is 85.6 Å². The molecule has 0 unspecified atom stereocenters. The number of rotatable bonds is 13. The first kappa shape index (κ1) is 31.2. The van der Waals surface area contributed by atoms with Gasteiger partial charge in [-0.2, -0.15) is 0 Å². The fourth-order valence-corrected chi connectivity index (χ4v) is 5.57. The maximum Gasteiger partial charge on any atom is 0.244 e. The van der Waals surface area contributed by atoms with E-state index in [1.807, 2.05) is 63.2 Å². The van der Waals surface area contributed by atoms with E-state index in [9.17, 15) is 18.0 Å². The Labute approximate surface area is 243 Å². The van der Waals surface area contributed by atoms with Gasteiger partial charge in [0.2, 0.25) is 21.8 Å². The molecule has 0 saturated heterocycles. The molecule has 0 saturated carbocycles. The van der Waals surface area contributed by atoms with Crippen LogP contribution in [-0.2, 0) is 32.6 Å². The number of benzene rings is 3. The Morgan fingerprint density at radius 1 is 0.950 bits per heavy atom. The molecule has 7 nitrogen and oxygen atoms in total. The molecule has 3 rings (SSSR count). The van der Waals surface area contributed by atoms with E-state index in [0.29, 0.717) is 22.8 Å². The van der Waals surface area contributed by atoms with Gasteiger partial charge in [-0.3, -0.25) is 13.9 Å². The maximum absolute atomic E-state index is 14.1. The van der Waals surface area contributed by atoms with Crippen molar-refractivity contribution in [1.29, 1.82) is 0 Å². The lowest BCUT2D eigenvalue weighted by atomic mass is 10.0. The van der Waals surface area contributed by atoms with Crippen molar-refractivity contribution < 1.29 is 18.0 Å². The molecule has 3 aromatic rings. The minimum atomic E-state index is -3.83. The summed E-state index contributed by atoms with van der Waals surface area (Å²) in [5.41, 5.74) is 3.64. The van der Waals surface area contributed by atoms with Crippen molar-refractivity contribution in [2.75, 3.05) is 23.7 Å². The van der Waals surface area contributed by atoms with Gasteiger partial charge in [0.25, 0.3) is 0 Å². The van der Waals surface area contributed by atoms with Crippen LogP contribution in [0.4, 0.5) is 5.69 Å². The Hall–Kier alpha value is -3.36. The minimum Gasteiger partial charge on any atom is -0.354 e. The normalized spacial score (nSPS) is 12.0. The molecule has 0 fully saturated rings. The summed E-state index contributed by atoms with van der Waals surface area (Å²) in [6.07, 6.45) is 3.05. The zero-order valence-electron chi connectivity index (χ0n) is 23.6. The number of amides is 2. The number of halogens is 1. The van der Waals surface area contributed by atoms with Crippen molar-refractivity contribution in [3.63, 3.8) is 0 Å². The van der Waals surface area contributed by atoms with Crippen molar-refractivity contribution in [1.82, 2.24) is 10.2 Å². The average molecular weight is 584 g/mol. The van der Waals surface area contributed by atoms with Crippen molar-refractivity contribution in [3.05, 3.63) is 100 Å². The Morgan fingerprint density at radius 2 is 1.62 bits per heavy atom. The van der Waals surface area contributed by atoms with Gasteiger partial charge in [-0.25, -0.2) is 8.42 Å². The quantitative estimate of drug-likeness (QED) is 0.277. The molecule has 0 radical (unpaired) electrons. The minimum absolute atomic E-state index is 0.0433. The Morgan fingerprint density at radius 3 is 2.27 bits per heavy atom. The van der Waals surface area contributed by atoms with E-state index in [4.69, 9.17) is 11.6 Å². The molecule has 3 aromatic carbocycles. The van der Waals surface area contributed by atoms with Crippen LogP contribution in [0, 0.1) is 13.8 Å². The van der Waals surface area contributed by atoms with Crippen LogP contribution in [0.15, 0.2) is 72.8 Å². The second kappa shape index (κ2) is 14.3. The van der Waals surface area contributed by atoms with Crippen LogP contribution in [0.5, 0.6) is 0 Å². The van der Waals surface area contributed by atoms with E-state index < -0.39 is 28.5 Å². The third kappa shape index (κ3) is 8.32. The highest BCUT2D eigenvalue weighted by atomic mass is 35.5. The van der Waals surface area contributed by atoms with E-state index >= 15 is 0 Å². The second-order valence-corrected chi connectivity index (χ2v) is 12.3. The molecule has 0 aliphatic carbocycles. The van der Waals surface area contributed by atoms with Crippen molar-refractivity contribution in [3.8, 4) is 0 Å². The predicted octanol–water partition coefficient (Wildman–Crippen LogP) is 5.28. The molecule has 214 valence electrons. The SMILES string of the molecule is CCCCNC(=O)[C@@H](Cc1ccccc1)N(Cc1ccccc1Cl)C(=O)CN(c1cccc(C)c1C)S(C)(=O)=O. The third-order valence-corrected chi connectivity index (χ3v) is 8.42. The first-order chi connectivity index (χ1) is 19.0. The summed E-state index contributed by atoms with van der Waals surface area (Å²) in [7, 11) is -3.83. The second-order valence-electron chi connectivity index (χ2n) is 9.95. The lowest BCUT2D eigenvalue weighted by Gasteiger charge is -2.34. The molecule has 0 spiro atoms.